The highest BCUT2D eigenvalue weighted by Crippen LogP contribution is 2.28. The topological polar surface area (TPSA) is 48.2 Å². The Morgan fingerprint density at radius 1 is 0.897 bits per heavy atom. The van der Waals surface area contributed by atoms with E-state index in [9.17, 15) is 4.39 Å². The van der Waals surface area contributed by atoms with Crippen molar-refractivity contribution >= 4 is 11.8 Å². The SMILES string of the molecule is C[C@@H](Oc1ccccc1F)c1nnc(SCc2ccc(-c3ccccc3)cc2)o1. The fraction of sp³-hybridized carbons (Fsp3) is 0.130. The highest BCUT2D eigenvalue weighted by molar-refractivity contribution is 7.98. The number of hydrogen-bond donors (Lipinski definition) is 0. The number of nitrogens with zero attached hydrogens (tertiary/aromatic N) is 2. The summed E-state index contributed by atoms with van der Waals surface area (Å²) in [5.41, 5.74) is 3.53. The number of thioether (sulfide) groups is 1. The zero-order valence-electron chi connectivity index (χ0n) is 15.8. The fourth-order valence-corrected chi connectivity index (χ4v) is 3.52. The summed E-state index contributed by atoms with van der Waals surface area (Å²) in [6.07, 6.45) is -0.543. The number of rotatable bonds is 7. The van der Waals surface area contributed by atoms with Gasteiger partial charge in [0, 0.05) is 5.75 Å². The van der Waals surface area contributed by atoms with E-state index in [-0.39, 0.29) is 5.75 Å². The largest absolute Gasteiger partial charge is 0.478 e. The molecule has 0 spiro atoms. The van der Waals surface area contributed by atoms with E-state index in [1.54, 1.807) is 25.1 Å². The minimum absolute atomic E-state index is 0.158. The lowest BCUT2D eigenvalue weighted by atomic mass is 10.0. The van der Waals surface area contributed by atoms with Crippen molar-refractivity contribution in [3.05, 3.63) is 96.1 Å². The molecular weight excluding hydrogens is 387 g/mol. The third kappa shape index (κ3) is 4.84. The van der Waals surface area contributed by atoms with Gasteiger partial charge in [0.25, 0.3) is 11.1 Å². The third-order valence-corrected chi connectivity index (χ3v) is 5.22. The molecule has 1 atom stereocenters. The summed E-state index contributed by atoms with van der Waals surface area (Å²) < 4.78 is 25.0. The molecule has 0 N–H and O–H groups in total. The Hall–Kier alpha value is -3.12. The van der Waals surface area contributed by atoms with Gasteiger partial charge in [-0.1, -0.05) is 78.5 Å². The van der Waals surface area contributed by atoms with Gasteiger partial charge in [0.1, 0.15) is 0 Å². The summed E-state index contributed by atoms with van der Waals surface area (Å²) in [7, 11) is 0. The Morgan fingerprint density at radius 2 is 1.59 bits per heavy atom. The zero-order chi connectivity index (χ0) is 20.1. The fourth-order valence-electron chi connectivity index (χ4n) is 2.79. The third-order valence-electron chi connectivity index (χ3n) is 4.33. The average Bonchev–Trinajstić information content (AvgIpc) is 3.24. The molecule has 4 aromatic rings. The Labute approximate surface area is 172 Å². The normalized spacial score (nSPS) is 11.9. The second-order valence-corrected chi connectivity index (χ2v) is 7.37. The molecule has 146 valence electrons. The number of benzene rings is 3. The highest BCUT2D eigenvalue weighted by Gasteiger charge is 2.17. The van der Waals surface area contributed by atoms with Gasteiger partial charge in [-0.3, -0.25) is 0 Å². The lowest BCUT2D eigenvalue weighted by Crippen LogP contribution is -2.04. The molecule has 0 fully saturated rings. The van der Waals surface area contributed by atoms with E-state index in [1.807, 2.05) is 18.2 Å². The van der Waals surface area contributed by atoms with Gasteiger partial charge in [0.15, 0.2) is 17.7 Å². The van der Waals surface area contributed by atoms with Gasteiger partial charge in [0.05, 0.1) is 0 Å². The predicted octanol–water partition coefficient (Wildman–Crippen LogP) is 6.31. The van der Waals surface area contributed by atoms with Gasteiger partial charge in [-0.25, -0.2) is 4.39 Å². The second kappa shape index (κ2) is 8.92. The highest BCUT2D eigenvalue weighted by atomic mass is 32.2. The van der Waals surface area contributed by atoms with Crippen LogP contribution < -0.4 is 4.74 Å². The zero-order valence-corrected chi connectivity index (χ0v) is 16.6. The van der Waals surface area contributed by atoms with Crippen molar-refractivity contribution in [2.24, 2.45) is 0 Å². The molecule has 4 rings (SSSR count). The first-order valence-electron chi connectivity index (χ1n) is 9.21. The molecule has 1 heterocycles. The number of para-hydroxylation sites is 1. The molecule has 0 unspecified atom stereocenters. The van der Waals surface area contributed by atoms with Gasteiger partial charge >= 0.3 is 0 Å². The molecule has 29 heavy (non-hydrogen) atoms. The smallest absolute Gasteiger partial charge is 0.277 e. The molecule has 1 aromatic heterocycles. The molecule has 0 saturated carbocycles. The predicted molar refractivity (Wildman–Crippen MR) is 111 cm³/mol. The van der Waals surface area contributed by atoms with Crippen LogP contribution in [0.4, 0.5) is 4.39 Å². The molecule has 0 aliphatic rings. The number of ether oxygens (including phenoxy) is 1. The van der Waals surface area contributed by atoms with Crippen molar-refractivity contribution in [2.75, 3.05) is 0 Å². The average molecular weight is 406 g/mol. The monoisotopic (exact) mass is 406 g/mol. The van der Waals surface area contributed by atoms with Crippen LogP contribution in [0.25, 0.3) is 11.1 Å². The van der Waals surface area contributed by atoms with Crippen LogP contribution in [-0.2, 0) is 5.75 Å². The summed E-state index contributed by atoms with van der Waals surface area (Å²) in [4.78, 5) is 0. The molecule has 0 radical (unpaired) electrons. The van der Waals surface area contributed by atoms with Gasteiger partial charge in [-0.05, 0) is 35.7 Å². The first-order valence-corrected chi connectivity index (χ1v) is 10.2. The van der Waals surface area contributed by atoms with Crippen LogP contribution >= 0.6 is 11.8 Å². The molecular formula is C23H19FN2O2S. The lowest BCUT2D eigenvalue weighted by Gasteiger charge is -2.11. The van der Waals surface area contributed by atoms with Gasteiger partial charge in [0.2, 0.25) is 0 Å². The van der Waals surface area contributed by atoms with E-state index >= 15 is 0 Å². The van der Waals surface area contributed by atoms with Gasteiger partial charge < -0.3 is 9.15 Å². The maximum atomic E-state index is 13.7. The van der Waals surface area contributed by atoms with Crippen LogP contribution in [0.2, 0.25) is 0 Å². The van der Waals surface area contributed by atoms with Crippen LogP contribution in [0.15, 0.2) is 88.5 Å². The number of hydrogen-bond acceptors (Lipinski definition) is 5. The maximum Gasteiger partial charge on any atom is 0.277 e. The molecule has 0 bridgehead atoms. The molecule has 0 aliphatic heterocycles. The van der Waals surface area contributed by atoms with E-state index in [2.05, 4.69) is 46.6 Å². The molecule has 0 amide bonds. The molecule has 3 aromatic carbocycles. The van der Waals surface area contributed by atoms with E-state index < -0.39 is 11.9 Å². The Bertz CT molecular complexity index is 1070. The summed E-state index contributed by atoms with van der Waals surface area (Å²) in [6, 6.07) is 24.9. The van der Waals surface area contributed by atoms with Crippen molar-refractivity contribution in [2.45, 2.75) is 24.0 Å². The molecule has 4 nitrogen and oxygen atoms in total. The standard InChI is InChI=1S/C23H19FN2O2S/c1-16(27-21-10-6-5-9-20(21)24)22-25-26-23(28-22)29-15-17-11-13-19(14-12-17)18-7-3-2-4-8-18/h2-14,16H,15H2,1H3/t16-/m1/s1. The van der Waals surface area contributed by atoms with E-state index in [1.165, 1.54) is 29.0 Å². The number of aromatic nitrogens is 2. The maximum absolute atomic E-state index is 13.7. The Balaban J connectivity index is 1.35. The van der Waals surface area contributed by atoms with Gasteiger partial charge in [-0.15, -0.1) is 10.2 Å². The van der Waals surface area contributed by atoms with Crippen LogP contribution in [-0.4, -0.2) is 10.2 Å². The minimum Gasteiger partial charge on any atom is -0.478 e. The van der Waals surface area contributed by atoms with Crippen molar-refractivity contribution in [1.82, 2.24) is 10.2 Å². The summed E-state index contributed by atoms with van der Waals surface area (Å²) >= 11 is 1.45. The molecule has 0 saturated heterocycles. The van der Waals surface area contributed by atoms with E-state index in [0.29, 0.717) is 16.9 Å². The van der Waals surface area contributed by atoms with Crippen molar-refractivity contribution in [1.29, 1.82) is 0 Å². The van der Waals surface area contributed by atoms with Crippen LogP contribution in [0.1, 0.15) is 24.5 Å². The summed E-state index contributed by atoms with van der Waals surface area (Å²) in [5.74, 6) is 0.757. The second-order valence-electron chi connectivity index (χ2n) is 6.45. The molecule has 6 heteroatoms. The summed E-state index contributed by atoms with van der Waals surface area (Å²) in [6.45, 7) is 1.75. The van der Waals surface area contributed by atoms with Crippen LogP contribution in [0.5, 0.6) is 5.75 Å². The Kier molecular flexibility index (Phi) is 5.91. The van der Waals surface area contributed by atoms with Crippen molar-refractivity contribution < 1.29 is 13.5 Å². The van der Waals surface area contributed by atoms with Crippen LogP contribution in [0.3, 0.4) is 0 Å². The van der Waals surface area contributed by atoms with Crippen LogP contribution in [0, 0.1) is 5.82 Å². The lowest BCUT2D eigenvalue weighted by molar-refractivity contribution is 0.174. The summed E-state index contributed by atoms with van der Waals surface area (Å²) in [5, 5.41) is 8.53. The quantitative estimate of drug-likeness (QED) is 0.337. The first kappa shape index (κ1) is 19.2. The molecule has 0 aliphatic carbocycles. The van der Waals surface area contributed by atoms with Gasteiger partial charge in [-0.2, -0.15) is 0 Å². The first-order chi connectivity index (χ1) is 14.2. The Morgan fingerprint density at radius 3 is 2.34 bits per heavy atom. The number of halogens is 1. The van der Waals surface area contributed by atoms with Crippen molar-refractivity contribution in [3.63, 3.8) is 0 Å². The van der Waals surface area contributed by atoms with E-state index in [4.69, 9.17) is 9.15 Å². The van der Waals surface area contributed by atoms with E-state index in [0.717, 1.165) is 5.56 Å². The van der Waals surface area contributed by atoms with Crippen molar-refractivity contribution in [3.8, 4) is 16.9 Å². The minimum atomic E-state index is -0.543.